The van der Waals surface area contributed by atoms with E-state index < -0.39 is 24.6 Å². The molecule has 0 spiro atoms. The molecule has 13 heteroatoms. The van der Waals surface area contributed by atoms with E-state index in [0.29, 0.717) is 0 Å². The van der Waals surface area contributed by atoms with Crippen molar-refractivity contribution in [1.29, 1.82) is 0 Å². The Kier molecular flexibility index (Phi) is 40.5. The molecule has 12 nitrogen and oxygen atoms in total. The van der Waals surface area contributed by atoms with E-state index in [0.717, 1.165) is 0 Å². The fraction of sp³-hybridized carbons (Fsp3) is 0. The van der Waals surface area contributed by atoms with Crippen LogP contribution in [0.1, 0.15) is 0 Å². The third kappa shape index (κ3) is 356. The maximum Gasteiger partial charge on any atom is 0.503 e. The summed E-state index contributed by atoms with van der Waals surface area (Å²) in [6, 6.07) is 0. The second-order valence-corrected chi connectivity index (χ2v) is 1.13. The second-order valence-electron chi connectivity index (χ2n) is 1.13. The van der Waals surface area contributed by atoms with E-state index in [9.17, 15) is 0 Å². The molecular formula is C4H8O12Zn. The van der Waals surface area contributed by atoms with Gasteiger partial charge in [-0.25, -0.2) is 19.2 Å². The van der Waals surface area contributed by atoms with Crippen molar-refractivity contribution in [3.8, 4) is 0 Å². The molecule has 0 aromatic carbocycles. The van der Waals surface area contributed by atoms with Crippen molar-refractivity contribution in [2.75, 3.05) is 0 Å². The molecule has 8 N–H and O–H groups in total. The molecule has 0 aromatic rings. The third-order valence-corrected chi connectivity index (χ3v) is 0. The Morgan fingerprint density at radius 2 is 0.412 bits per heavy atom. The topological polar surface area (TPSA) is 230 Å². The Labute approximate surface area is 105 Å². The Bertz CT molecular complexity index is 159. The number of carboxylic acid groups (broad SMARTS) is 8. The van der Waals surface area contributed by atoms with Crippen molar-refractivity contribution in [2.24, 2.45) is 0 Å². The van der Waals surface area contributed by atoms with Crippen molar-refractivity contribution < 1.29 is 79.5 Å². The molecule has 0 saturated heterocycles. The minimum atomic E-state index is -1.83. The Balaban J connectivity index is -0.0000000369. The molecule has 0 radical (unpaired) electrons. The number of hydrogen-bond donors (Lipinski definition) is 8. The second kappa shape index (κ2) is 23.5. The van der Waals surface area contributed by atoms with Crippen LogP contribution in [0, 0.1) is 0 Å². The van der Waals surface area contributed by atoms with E-state index in [1.165, 1.54) is 0 Å². The largest absolute Gasteiger partial charge is 0.503 e. The Morgan fingerprint density at radius 3 is 0.412 bits per heavy atom. The summed E-state index contributed by atoms with van der Waals surface area (Å²) in [6.45, 7) is 0. The van der Waals surface area contributed by atoms with Gasteiger partial charge in [-0.05, 0) is 0 Å². The molecule has 0 unspecified atom stereocenters. The number of rotatable bonds is 0. The summed E-state index contributed by atoms with van der Waals surface area (Å²) in [5, 5.41) is 55.8. The van der Waals surface area contributed by atoms with Gasteiger partial charge in [-0.3, -0.25) is 0 Å². The summed E-state index contributed by atoms with van der Waals surface area (Å²) in [5.74, 6) is 0. The normalized spacial score (nSPS) is 5.65. The van der Waals surface area contributed by atoms with Crippen LogP contribution in [0.25, 0.3) is 0 Å². The first-order valence-electron chi connectivity index (χ1n) is 2.61. The monoisotopic (exact) mass is 312 g/mol. The van der Waals surface area contributed by atoms with E-state index in [2.05, 4.69) is 0 Å². The fourth-order valence-electron chi connectivity index (χ4n) is 0. The molecule has 0 aliphatic rings. The van der Waals surface area contributed by atoms with Crippen LogP contribution in [-0.4, -0.2) is 65.5 Å². The van der Waals surface area contributed by atoms with Crippen molar-refractivity contribution in [3.05, 3.63) is 0 Å². The molecule has 0 atom stereocenters. The van der Waals surface area contributed by atoms with Crippen LogP contribution >= 0.6 is 0 Å². The van der Waals surface area contributed by atoms with Gasteiger partial charge in [0, 0.05) is 19.5 Å². The van der Waals surface area contributed by atoms with Gasteiger partial charge in [0.1, 0.15) is 0 Å². The fourth-order valence-corrected chi connectivity index (χ4v) is 0. The predicted octanol–water partition coefficient (Wildman–Crippen LogP) is 0.887. The molecule has 0 aromatic heterocycles. The van der Waals surface area contributed by atoms with Gasteiger partial charge >= 0.3 is 24.6 Å². The van der Waals surface area contributed by atoms with Crippen molar-refractivity contribution in [1.82, 2.24) is 0 Å². The maximum atomic E-state index is 8.56. The molecule has 0 amide bonds. The Hall–Kier alpha value is -2.30. The first-order chi connectivity index (χ1) is 6.93. The standard InChI is InChI=1S/4CH2O3.Zn/c4*2-1(3)4;/h4*(H2,2,3,4);. The number of carbonyl (C=O) groups is 4. The zero-order valence-electron chi connectivity index (χ0n) is 7.92. The smallest absolute Gasteiger partial charge is 0.450 e. The first-order valence-corrected chi connectivity index (χ1v) is 2.61. The van der Waals surface area contributed by atoms with Crippen molar-refractivity contribution >= 4 is 24.6 Å². The molecule has 0 saturated carbocycles. The van der Waals surface area contributed by atoms with Crippen molar-refractivity contribution in [3.63, 3.8) is 0 Å². The van der Waals surface area contributed by atoms with E-state index in [1.54, 1.807) is 0 Å². The molecule has 17 heavy (non-hydrogen) atoms. The molecule has 0 aliphatic carbocycles. The summed E-state index contributed by atoms with van der Waals surface area (Å²) in [6.07, 6.45) is -7.33. The molecule has 0 bridgehead atoms. The summed E-state index contributed by atoms with van der Waals surface area (Å²) < 4.78 is 0. The van der Waals surface area contributed by atoms with Gasteiger partial charge in [0.15, 0.2) is 0 Å². The molecule has 0 rings (SSSR count). The van der Waals surface area contributed by atoms with Gasteiger partial charge in [0.05, 0.1) is 0 Å². The summed E-state index contributed by atoms with van der Waals surface area (Å²) >= 11 is 0. The maximum absolute atomic E-state index is 8.56. The van der Waals surface area contributed by atoms with Crippen LogP contribution in [-0.2, 0) is 19.5 Å². The van der Waals surface area contributed by atoms with Gasteiger partial charge in [-0.15, -0.1) is 0 Å². The van der Waals surface area contributed by atoms with E-state index in [-0.39, 0.29) is 19.5 Å². The van der Waals surface area contributed by atoms with E-state index >= 15 is 0 Å². The third-order valence-electron chi connectivity index (χ3n) is 0. The molecular weight excluding hydrogens is 305 g/mol. The molecule has 0 fully saturated rings. The van der Waals surface area contributed by atoms with Gasteiger partial charge in [0.25, 0.3) is 0 Å². The van der Waals surface area contributed by atoms with Crippen molar-refractivity contribution in [2.45, 2.75) is 0 Å². The van der Waals surface area contributed by atoms with Crippen LogP contribution in [0.3, 0.4) is 0 Å². The SMILES string of the molecule is O=C(O)O.O=C(O)O.O=C(O)O.O=C(O)O.[Zn]. The van der Waals surface area contributed by atoms with E-state index in [4.69, 9.17) is 60.0 Å². The average Bonchev–Trinajstić information content (AvgIpc) is 1.76. The Morgan fingerprint density at radius 1 is 0.412 bits per heavy atom. The number of hydrogen-bond acceptors (Lipinski definition) is 4. The summed E-state index contributed by atoms with van der Waals surface area (Å²) in [4.78, 5) is 34.2. The summed E-state index contributed by atoms with van der Waals surface area (Å²) in [5.41, 5.74) is 0. The van der Waals surface area contributed by atoms with Gasteiger partial charge in [-0.2, -0.15) is 0 Å². The summed E-state index contributed by atoms with van der Waals surface area (Å²) in [7, 11) is 0. The van der Waals surface area contributed by atoms with Crippen LogP contribution < -0.4 is 0 Å². The molecule has 0 aliphatic heterocycles. The van der Waals surface area contributed by atoms with Gasteiger partial charge < -0.3 is 40.9 Å². The van der Waals surface area contributed by atoms with Gasteiger partial charge in [-0.1, -0.05) is 0 Å². The van der Waals surface area contributed by atoms with Crippen LogP contribution in [0.4, 0.5) is 19.2 Å². The van der Waals surface area contributed by atoms with E-state index in [1.807, 2.05) is 0 Å². The minimum Gasteiger partial charge on any atom is -0.450 e. The first kappa shape index (κ1) is 29.3. The predicted molar refractivity (Wildman–Crippen MR) is 42.6 cm³/mol. The zero-order valence-corrected chi connectivity index (χ0v) is 10.9. The van der Waals surface area contributed by atoms with Gasteiger partial charge in [0.2, 0.25) is 0 Å². The average molecular weight is 313 g/mol. The minimum absolute atomic E-state index is 0. The zero-order chi connectivity index (χ0) is 14.3. The van der Waals surface area contributed by atoms with Crippen LogP contribution in [0.2, 0.25) is 0 Å². The molecule has 0 heterocycles. The quantitative estimate of drug-likeness (QED) is 0.291. The molecule has 98 valence electrons. The van der Waals surface area contributed by atoms with Crippen LogP contribution in [0.15, 0.2) is 0 Å². The van der Waals surface area contributed by atoms with Crippen LogP contribution in [0.5, 0.6) is 0 Å².